The molecule has 1 unspecified atom stereocenters. The monoisotopic (exact) mass is 281 g/mol. The van der Waals surface area contributed by atoms with Gasteiger partial charge in [0.1, 0.15) is 0 Å². The summed E-state index contributed by atoms with van der Waals surface area (Å²) >= 11 is 0. The standard InChI is InChI=1S/C12H28NO4P/c1-6-18(14)17-12(8-7-9-13,15-10(2)3)16-11(4)5/h10-11,18H,6-9,13H2,1-5H3. The van der Waals surface area contributed by atoms with Crippen molar-refractivity contribution in [2.45, 2.75) is 65.6 Å². The SMILES string of the molecule is CC[PH](=O)OC(CCCN)(OC(C)C)OC(C)C. The van der Waals surface area contributed by atoms with E-state index in [1.54, 1.807) is 0 Å². The van der Waals surface area contributed by atoms with Crippen LogP contribution < -0.4 is 5.73 Å². The van der Waals surface area contributed by atoms with Crippen molar-refractivity contribution >= 4 is 8.03 Å². The molecule has 0 saturated carbocycles. The first kappa shape index (κ1) is 18.1. The maximum absolute atomic E-state index is 11.7. The van der Waals surface area contributed by atoms with Crippen molar-refractivity contribution in [2.24, 2.45) is 5.73 Å². The molecule has 5 nitrogen and oxygen atoms in total. The van der Waals surface area contributed by atoms with Crippen molar-refractivity contribution in [3.63, 3.8) is 0 Å². The zero-order valence-electron chi connectivity index (χ0n) is 12.2. The molecule has 6 heteroatoms. The lowest BCUT2D eigenvalue weighted by atomic mass is 10.2. The van der Waals surface area contributed by atoms with Crippen LogP contribution in [0.2, 0.25) is 0 Å². The number of hydrogen-bond acceptors (Lipinski definition) is 5. The van der Waals surface area contributed by atoms with Crippen LogP contribution in [0, 0.1) is 0 Å². The number of hydrogen-bond donors (Lipinski definition) is 1. The third-order valence-corrected chi connectivity index (χ3v) is 3.19. The molecular weight excluding hydrogens is 253 g/mol. The Hall–Kier alpha value is 0.0700. The van der Waals surface area contributed by atoms with Crippen LogP contribution in [0.3, 0.4) is 0 Å². The summed E-state index contributed by atoms with van der Waals surface area (Å²) in [7, 11) is -2.15. The molecule has 110 valence electrons. The van der Waals surface area contributed by atoms with Gasteiger partial charge in [-0.25, -0.2) is 0 Å². The second-order valence-electron chi connectivity index (χ2n) is 4.74. The summed E-state index contributed by atoms with van der Waals surface area (Å²) in [6, 6.07) is 0. The Morgan fingerprint density at radius 1 is 1.17 bits per heavy atom. The molecule has 0 aromatic rings. The summed E-state index contributed by atoms with van der Waals surface area (Å²) in [6.45, 7) is 9.92. The lowest BCUT2D eigenvalue weighted by Gasteiger charge is -2.35. The third kappa shape index (κ3) is 7.49. The molecule has 0 fully saturated rings. The van der Waals surface area contributed by atoms with Crippen LogP contribution in [0.5, 0.6) is 0 Å². The Morgan fingerprint density at radius 2 is 1.67 bits per heavy atom. The van der Waals surface area contributed by atoms with E-state index in [-0.39, 0.29) is 12.2 Å². The van der Waals surface area contributed by atoms with Gasteiger partial charge in [-0.05, 0) is 40.7 Å². The van der Waals surface area contributed by atoms with E-state index in [4.69, 9.17) is 19.7 Å². The highest BCUT2D eigenvalue weighted by Crippen LogP contribution is 2.36. The minimum atomic E-state index is -2.15. The topological polar surface area (TPSA) is 70.8 Å². The van der Waals surface area contributed by atoms with Crippen LogP contribution in [0.4, 0.5) is 0 Å². The fraction of sp³-hybridized carbons (Fsp3) is 1.00. The number of rotatable bonds is 10. The minimum Gasteiger partial charge on any atom is -0.330 e. The predicted molar refractivity (Wildman–Crippen MR) is 74.1 cm³/mol. The van der Waals surface area contributed by atoms with Crippen LogP contribution in [-0.4, -0.2) is 30.9 Å². The minimum absolute atomic E-state index is 0.0758. The van der Waals surface area contributed by atoms with Gasteiger partial charge >= 0.3 is 0 Å². The van der Waals surface area contributed by atoms with E-state index in [0.717, 1.165) is 0 Å². The number of ether oxygens (including phenoxy) is 2. The van der Waals surface area contributed by atoms with Gasteiger partial charge in [-0.1, -0.05) is 6.92 Å². The molecule has 0 saturated heterocycles. The van der Waals surface area contributed by atoms with Gasteiger partial charge in [0.05, 0.1) is 12.2 Å². The first-order chi connectivity index (χ1) is 8.35. The summed E-state index contributed by atoms with van der Waals surface area (Å²) in [5, 5.41) is 0. The molecular formula is C12H28NO4P. The maximum atomic E-state index is 11.7. The molecule has 1 atom stereocenters. The molecule has 18 heavy (non-hydrogen) atoms. The highest BCUT2D eigenvalue weighted by atomic mass is 31.1. The normalized spacial score (nSPS) is 14.4. The van der Waals surface area contributed by atoms with E-state index >= 15 is 0 Å². The zero-order chi connectivity index (χ0) is 14.2. The van der Waals surface area contributed by atoms with Gasteiger partial charge in [0.15, 0.2) is 8.03 Å². The summed E-state index contributed by atoms with van der Waals surface area (Å²) in [6.07, 6.45) is 1.49. The van der Waals surface area contributed by atoms with Crippen LogP contribution in [-0.2, 0) is 18.6 Å². The summed E-state index contributed by atoms with van der Waals surface area (Å²) in [5.41, 5.74) is 5.52. The molecule has 0 spiro atoms. The zero-order valence-corrected chi connectivity index (χ0v) is 13.2. The van der Waals surface area contributed by atoms with Crippen LogP contribution in [0.25, 0.3) is 0 Å². The van der Waals surface area contributed by atoms with Crippen molar-refractivity contribution < 1.29 is 18.6 Å². The molecule has 0 rings (SSSR count). The number of nitrogens with two attached hydrogens (primary N) is 1. The highest BCUT2D eigenvalue weighted by Gasteiger charge is 2.37. The van der Waals surface area contributed by atoms with Gasteiger partial charge < -0.3 is 15.2 Å². The molecule has 0 aliphatic carbocycles. The van der Waals surface area contributed by atoms with Gasteiger partial charge in [-0.3, -0.25) is 9.09 Å². The van der Waals surface area contributed by atoms with Gasteiger partial charge in [0.2, 0.25) is 0 Å². The summed E-state index contributed by atoms with van der Waals surface area (Å²) in [5.74, 6) is -1.23. The molecule has 0 bridgehead atoms. The Bertz CT molecular complexity index is 236. The Kier molecular flexibility index (Phi) is 9.09. The molecule has 0 aromatic heterocycles. The fourth-order valence-corrected chi connectivity index (χ4v) is 2.22. The predicted octanol–water partition coefficient (Wildman–Crippen LogP) is 2.74. The van der Waals surface area contributed by atoms with Crippen molar-refractivity contribution in [3.8, 4) is 0 Å². The van der Waals surface area contributed by atoms with Crippen LogP contribution in [0.15, 0.2) is 0 Å². The summed E-state index contributed by atoms with van der Waals surface area (Å²) in [4.78, 5) is 0. The second-order valence-corrected chi connectivity index (χ2v) is 6.39. The lowest BCUT2D eigenvalue weighted by molar-refractivity contribution is -0.367. The van der Waals surface area contributed by atoms with Crippen molar-refractivity contribution in [1.29, 1.82) is 0 Å². The fourth-order valence-electron chi connectivity index (χ4n) is 1.53. The maximum Gasteiger partial charge on any atom is 0.288 e. The molecule has 0 amide bonds. The van der Waals surface area contributed by atoms with Gasteiger partial charge in [0.25, 0.3) is 5.97 Å². The van der Waals surface area contributed by atoms with E-state index in [1.807, 2.05) is 34.6 Å². The van der Waals surface area contributed by atoms with Gasteiger partial charge in [0, 0.05) is 12.6 Å². The Labute approximate surface area is 111 Å². The molecule has 0 aromatic carbocycles. The quantitative estimate of drug-likeness (QED) is 0.492. The third-order valence-electron chi connectivity index (χ3n) is 2.08. The average Bonchev–Trinajstić information content (AvgIpc) is 2.24. The molecule has 0 aliphatic heterocycles. The Balaban J connectivity index is 4.90. The largest absolute Gasteiger partial charge is 0.330 e. The molecule has 0 radical (unpaired) electrons. The molecule has 0 heterocycles. The van der Waals surface area contributed by atoms with Crippen LogP contribution in [0.1, 0.15) is 47.5 Å². The van der Waals surface area contributed by atoms with E-state index in [2.05, 4.69) is 0 Å². The van der Waals surface area contributed by atoms with Gasteiger partial charge in [-0.2, -0.15) is 0 Å². The van der Waals surface area contributed by atoms with E-state index in [1.165, 1.54) is 0 Å². The van der Waals surface area contributed by atoms with Crippen LogP contribution >= 0.6 is 8.03 Å². The summed E-state index contributed by atoms with van der Waals surface area (Å²) < 4.78 is 28.8. The van der Waals surface area contributed by atoms with Crippen molar-refractivity contribution in [3.05, 3.63) is 0 Å². The second kappa shape index (κ2) is 9.05. The van der Waals surface area contributed by atoms with E-state index < -0.39 is 14.0 Å². The van der Waals surface area contributed by atoms with Gasteiger partial charge in [-0.15, -0.1) is 0 Å². The lowest BCUT2D eigenvalue weighted by Crippen LogP contribution is -2.42. The van der Waals surface area contributed by atoms with Crippen molar-refractivity contribution in [2.75, 3.05) is 12.7 Å². The first-order valence-electron chi connectivity index (χ1n) is 6.62. The van der Waals surface area contributed by atoms with E-state index in [0.29, 0.717) is 25.5 Å². The first-order valence-corrected chi connectivity index (χ1v) is 8.15. The average molecular weight is 281 g/mol. The van der Waals surface area contributed by atoms with E-state index in [9.17, 15) is 4.57 Å². The highest BCUT2D eigenvalue weighted by molar-refractivity contribution is 7.39. The molecule has 0 aliphatic rings. The van der Waals surface area contributed by atoms with Crippen molar-refractivity contribution in [1.82, 2.24) is 0 Å². The molecule has 2 N–H and O–H groups in total. The Morgan fingerprint density at radius 3 is 2.00 bits per heavy atom. The smallest absolute Gasteiger partial charge is 0.288 e.